The Labute approximate surface area is 91.2 Å². The van der Waals surface area contributed by atoms with E-state index in [9.17, 15) is 8.42 Å². The van der Waals surface area contributed by atoms with Gasteiger partial charge in [0.15, 0.2) is 11.6 Å². The molecule has 0 unspecified atom stereocenters. The average molecular weight is 240 g/mol. The van der Waals surface area contributed by atoms with Gasteiger partial charge in [-0.1, -0.05) is 0 Å². The van der Waals surface area contributed by atoms with E-state index in [0.29, 0.717) is 11.6 Å². The van der Waals surface area contributed by atoms with Crippen molar-refractivity contribution in [2.75, 3.05) is 0 Å². The molecule has 0 aliphatic heterocycles. The Balaban J connectivity index is 2.40. The van der Waals surface area contributed by atoms with E-state index >= 15 is 0 Å². The van der Waals surface area contributed by atoms with Gasteiger partial charge in [-0.3, -0.25) is 0 Å². The predicted molar refractivity (Wildman–Crippen MR) is 53.1 cm³/mol. The largest absolute Gasteiger partial charge is 0.239 e. The van der Waals surface area contributed by atoms with Gasteiger partial charge in [-0.2, -0.15) is 0 Å². The first-order valence-electron chi connectivity index (χ1n) is 4.23. The van der Waals surface area contributed by atoms with Gasteiger partial charge in [0.1, 0.15) is 4.90 Å². The number of nitrogens with two attached hydrogens (primary N) is 1. The number of aryl methyl sites for hydroxylation is 1. The summed E-state index contributed by atoms with van der Waals surface area (Å²) in [6.07, 6.45) is 1.14. The van der Waals surface area contributed by atoms with Crippen LogP contribution in [-0.4, -0.2) is 33.6 Å². The van der Waals surface area contributed by atoms with Gasteiger partial charge in [-0.05, 0) is 24.3 Å². The van der Waals surface area contributed by atoms with Crippen molar-refractivity contribution >= 4 is 10.0 Å². The summed E-state index contributed by atoms with van der Waals surface area (Å²) in [5.74, 6) is 0.866. The number of hydrogen-bond donors (Lipinski definition) is 1. The normalized spacial score (nSPS) is 11.6. The summed E-state index contributed by atoms with van der Waals surface area (Å²) in [6, 6.07) is 2.78. The molecule has 0 amide bonds. The molecule has 0 fully saturated rings. The van der Waals surface area contributed by atoms with Gasteiger partial charge >= 0.3 is 0 Å². The second-order valence-electron chi connectivity index (χ2n) is 3.02. The maximum Gasteiger partial charge on any atom is 0.239 e. The number of aromatic nitrogens is 5. The summed E-state index contributed by atoms with van der Waals surface area (Å²) in [5, 5.41) is 16.2. The molecular weight excluding hydrogens is 232 g/mol. The van der Waals surface area contributed by atoms with Crippen molar-refractivity contribution in [1.82, 2.24) is 25.2 Å². The van der Waals surface area contributed by atoms with Crippen molar-refractivity contribution < 1.29 is 8.42 Å². The first kappa shape index (κ1) is 10.6. The summed E-state index contributed by atoms with van der Waals surface area (Å²) in [4.78, 5) is 5.00. The number of rotatable bonds is 2. The van der Waals surface area contributed by atoms with E-state index < -0.39 is 10.0 Å². The summed E-state index contributed by atoms with van der Waals surface area (Å²) >= 11 is 0. The van der Waals surface area contributed by atoms with Crippen molar-refractivity contribution in [1.29, 1.82) is 0 Å². The van der Waals surface area contributed by atoms with Crippen LogP contribution < -0.4 is 5.14 Å². The maximum atomic E-state index is 11.0. The monoisotopic (exact) mass is 240 g/mol. The maximum absolute atomic E-state index is 11.0. The minimum atomic E-state index is -3.72. The van der Waals surface area contributed by atoms with Crippen LogP contribution in [0.3, 0.4) is 0 Å². The van der Waals surface area contributed by atoms with Gasteiger partial charge in [0.2, 0.25) is 10.0 Å². The molecule has 0 aromatic carbocycles. The second kappa shape index (κ2) is 3.61. The first-order valence-corrected chi connectivity index (χ1v) is 5.77. The molecule has 0 aliphatic rings. The van der Waals surface area contributed by atoms with Crippen LogP contribution >= 0.6 is 0 Å². The minimum absolute atomic E-state index is 0.0620. The third-order valence-electron chi connectivity index (χ3n) is 1.77. The van der Waals surface area contributed by atoms with Crippen LogP contribution in [0.25, 0.3) is 5.82 Å². The lowest BCUT2D eigenvalue weighted by atomic mass is 10.5. The van der Waals surface area contributed by atoms with Crippen molar-refractivity contribution in [3.05, 3.63) is 24.2 Å². The molecule has 2 heterocycles. The number of sulfonamides is 1. The highest BCUT2D eigenvalue weighted by molar-refractivity contribution is 7.89. The fourth-order valence-corrected chi connectivity index (χ4v) is 1.50. The fraction of sp³-hybridized carbons (Fsp3) is 0.143. The first-order chi connectivity index (χ1) is 7.47. The molecule has 84 valence electrons. The Hall–Kier alpha value is -1.87. The van der Waals surface area contributed by atoms with E-state index in [2.05, 4.69) is 20.4 Å². The molecule has 0 radical (unpaired) electrons. The molecule has 9 heteroatoms. The van der Waals surface area contributed by atoms with Gasteiger partial charge in [-0.25, -0.2) is 18.5 Å². The number of primary sulfonamides is 1. The van der Waals surface area contributed by atoms with Gasteiger partial charge in [-0.15, -0.1) is 15.0 Å². The molecule has 0 bridgehead atoms. The molecule has 2 N–H and O–H groups in total. The predicted octanol–water partition coefficient (Wildman–Crippen LogP) is -0.987. The van der Waals surface area contributed by atoms with Crippen LogP contribution in [0.4, 0.5) is 0 Å². The van der Waals surface area contributed by atoms with Crippen LogP contribution in [0.1, 0.15) is 5.82 Å². The van der Waals surface area contributed by atoms with Gasteiger partial charge in [0.25, 0.3) is 0 Å². The molecule has 0 saturated heterocycles. The molecule has 16 heavy (non-hydrogen) atoms. The Bertz CT molecular complexity index is 602. The number of hydrogen-bond acceptors (Lipinski definition) is 6. The summed E-state index contributed by atoms with van der Waals surface area (Å²) < 4.78 is 21.9. The van der Waals surface area contributed by atoms with E-state index in [-0.39, 0.29) is 4.90 Å². The zero-order valence-electron chi connectivity index (χ0n) is 8.27. The minimum Gasteiger partial charge on any atom is -0.234 e. The second-order valence-corrected chi connectivity index (χ2v) is 4.58. The van der Waals surface area contributed by atoms with Crippen LogP contribution in [0, 0.1) is 6.92 Å². The van der Waals surface area contributed by atoms with Crippen LogP contribution in [0.5, 0.6) is 0 Å². The van der Waals surface area contributed by atoms with Gasteiger partial charge in [0.05, 0.1) is 0 Å². The van der Waals surface area contributed by atoms with E-state index in [1.807, 2.05) is 0 Å². The Morgan fingerprint density at radius 3 is 2.56 bits per heavy atom. The van der Waals surface area contributed by atoms with Gasteiger partial charge < -0.3 is 0 Å². The number of pyridine rings is 1. The highest BCUT2D eigenvalue weighted by Gasteiger charge is 2.09. The number of nitrogens with zero attached hydrogens (tertiary/aromatic N) is 5. The van der Waals surface area contributed by atoms with Gasteiger partial charge in [0, 0.05) is 6.20 Å². The SMILES string of the molecule is Cc1nnn(-c2ccc(S(N)(=O)=O)cn2)n1. The summed E-state index contributed by atoms with van der Waals surface area (Å²) in [7, 11) is -3.72. The number of tetrazole rings is 1. The molecule has 2 aromatic rings. The van der Waals surface area contributed by atoms with E-state index in [4.69, 9.17) is 5.14 Å². The van der Waals surface area contributed by atoms with Crippen molar-refractivity contribution in [2.45, 2.75) is 11.8 Å². The Morgan fingerprint density at radius 2 is 2.12 bits per heavy atom. The molecule has 2 rings (SSSR count). The Morgan fingerprint density at radius 1 is 1.38 bits per heavy atom. The molecule has 0 spiro atoms. The van der Waals surface area contributed by atoms with E-state index in [1.165, 1.54) is 16.9 Å². The quantitative estimate of drug-likeness (QED) is 0.720. The third kappa shape index (κ3) is 2.04. The molecule has 8 nitrogen and oxygen atoms in total. The zero-order valence-corrected chi connectivity index (χ0v) is 9.09. The van der Waals surface area contributed by atoms with Crippen molar-refractivity contribution in [2.24, 2.45) is 5.14 Å². The zero-order chi connectivity index (χ0) is 11.8. The molecular formula is C7H8N6O2S. The van der Waals surface area contributed by atoms with E-state index in [1.54, 1.807) is 6.92 Å². The van der Waals surface area contributed by atoms with E-state index in [0.717, 1.165) is 6.20 Å². The fourth-order valence-electron chi connectivity index (χ4n) is 1.04. The van der Waals surface area contributed by atoms with Crippen LogP contribution in [-0.2, 0) is 10.0 Å². The van der Waals surface area contributed by atoms with Crippen molar-refractivity contribution in [3.8, 4) is 5.82 Å². The summed E-state index contributed by atoms with van der Waals surface area (Å²) in [5.41, 5.74) is 0. The molecule has 0 saturated carbocycles. The smallest absolute Gasteiger partial charge is 0.234 e. The Kier molecular flexibility index (Phi) is 2.40. The summed E-state index contributed by atoms with van der Waals surface area (Å²) in [6.45, 7) is 1.68. The third-order valence-corrected chi connectivity index (χ3v) is 2.67. The highest BCUT2D eigenvalue weighted by Crippen LogP contribution is 2.07. The highest BCUT2D eigenvalue weighted by atomic mass is 32.2. The lowest BCUT2D eigenvalue weighted by Gasteiger charge is -1.99. The lowest BCUT2D eigenvalue weighted by Crippen LogP contribution is -2.13. The van der Waals surface area contributed by atoms with Crippen LogP contribution in [0.2, 0.25) is 0 Å². The standard InChI is InChI=1S/C7H8N6O2S/c1-5-10-12-13(11-5)7-3-2-6(4-9-7)16(8,14)15/h2-4H,1H3,(H2,8,14,15). The van der Waals surface area contributed by atoms with Crippen molar-refractivity contribution in [3.63, 3.8) is 0 Å². The molecule has 0 atom stereocenters. The topological polar surface area (TPSA) is 117 Å². The van der Waals surface area contributed by atoms with Crippen LogP contribution in [0.15, 0.2) is 23.2 Å². The molecule has 2 aromatic heterocycles. The lowest BCUT2D eigenvalue weighted by molar-refractivity contribution is 0.597. The average Bonchev–Trinajstić information content (AvgIpc) is 2.64. The molecule has 0 aliphatic carbocycles.